The van der Waals surface area contributed by atoms with E-state index in [1.165, 1.54) is 47.1 Å². The smallest absolute Gasteiger partial charge is 0.387 e. The first-order valence-electron chi connectivity index (χ1n) is 4.20. The minimum absolute atomic E-state index is 1.42. The second-order valence-electron chi connectivity index (χ2n) is 2.42. The molecule has 0 rings (SSSR count). The quantitative estimate of drug-likeness (QED) is 0.418. The second-order valence-corrected chi connectivity index (χ2v) is 7.68. The molecule has 0 aromatic carbocycles. The van der Waals surface area contributed by atoms with E-state index in [1.807, 2.05) is 0 Å². The predicted octanol–water partition coefficient (Wildman–Crippen LogP) is -0.765. The van der Waals surface area contributed by atoms with Crippen LogP contribution < -0.4 is 0 Å². The molecule has 92 valence electrons. The van der Waals surface area contributed by atoms with Gasteiger partial charge in [-0.2, -0.15) is 0 Å². The first kappa shape index (κ1) is 15.2. The molecule has 0 bridgehead atoms. The summed E-state index contributed by atoms with van der Waals surface area (Å²) < 4.78 is 27.5. The Morgan fingerprint density at radius 1 is 0.800 bits per heavy atom. The van der Waals surface area contributed by atoms with Crippen LogP contribution >= 0.6 is 0 Å². The zero-order chi connectivity index (χ0) is 11.9. The zero-order valence-corrected chi connectivity index (χ0v) is 12.1. The molecule has 7 nitrogen and oxygen atoms in total. The van der Waals surface area contributed by atoms with Crippen LogP contribution in [0.5, 0.6) is 0 Å². The fourth-order valence-electron chi connectivity index (χ4n) is 1.13. The van der Waals surface area contributed by atoms with Crippen LogP contribution in [0.25, 0.3) is 0 Å². The maximum atomic E-state index is 5.24. The monoisotopic (exact) mass is 257 g/mol. The van der Waals surface area contributed by atoms with E-state index in [0.717, 1.165) is 0 Å². The molecule has 0 atom stereocenters. The van der Waals surface area contributed by atoms with Gasteiger partial charge in [-0.05, 0) is 0 Å². The standard InChI is InChI=1S/C6H19NO6Si2/c1-8-7(14(9-2)10-3)15(11-4,12-5)13-6/h14H,1-6H3. The van der Waals surface area contributed by atoms with E-state index in [2.05, 4.69) is 0 Å². The molecule has 0 saturated heterocycles. The van der Waals surface area contributed by atoms with E-state index in [-0.39, 0.29) is 0 Å². The van der Waals surface area contributed by atoms with Gasteiger partial charge in [0.1, 0.15) is 0 Å². The summed E-state index contributed by atoms with van der Waals surface area (Å²) >= 11 is 0. The van der Waals surface area contributed by atoms with Gasteiger partial charge in [0, 0.05) is 35.5 Å². The van der Waals surface area contributed by atoms with Crippen LogP contribution in [0, 0.1) is 0 Å². The maximum Gasteiger partial charge on any atom is 0.619 e. The molecule has 0 aromatic rings. The third-order valence-corrected chi connectivity index (χ3v) is 7.09. The molecular formula is C6H19NO6Si2. The number of hydrogen-bond acceptors (Lipinski definition) is 7. The van der Waals surface area contributed by atoms with Gasteiger partial charge in [0.2, 0.25) is 0 Å². The highest BCUT2D eigenvalue weighted by Gasteiger charge is 2.53. The minimum Gasteiger partial charge on any atom is -0.387 e. The second kappa shape index (κ2) is 7.43. The van der Waals surface area contributed by atoms with Gasteiger partial charge in [-0.15, -0.1) is 4.39 Å². The number of hydrogen-bond donors (Lipinski definition) is 0. The molecule has 9 heteroatoms. The Kier molecular flexibility index (Phi) is 7.51. The fraction of sp³-hybridized carbons (Fsp3) is 1.00. The van der Waals surface area contributed by atoms with Gasteiger partial charge in [0.15, 0.2) is 0 Å². The Balaban J connectivity index is 4.86. The molecular weight excluding hydrogens is 238 g/mol. The summed E-state index contributed by atoms with van der Waals surface area (Å²) in [6.45, 7) is 0. The van der Waals surface area contributed by atoms with Gasteiger partial charge in [-0.1, -0.05) is 0 Å². The third-order valence-electron chi connectivity index (χ3n) is 1.84. The van der Waals surface area contributed by atoms with Gasteiger partial charge in [0.25, 0.3) is 0 Å². The SMILES string of the molecule is CON([SiH](OC)OC)[Si](OC)(OC)OC. The summed E-state index contributed by atoms with van der Waals surface area (Å²) in [5.41, 5.74) is 0. The molecule has 0 aliphatic heterocycles. The molecule has 0 fully saturated rings. The summed E-state index contributed by atoms with van der Waals surface area (Å²) in [5, 5.41) is 0. The Morgan fingerprint density at radius 2 is 1.20 bits per heavy atom. The Morgan fingerprint density at radius 3 is 1.40 bits per heavy atom. The largest absolute Gasteiger partial charge is 0.619 e. The van der Waals surface area contributed by atoms with Gasteiger partial charge in [-0.25, -0.2) is 0 Å². The minimum atomic E-state index is -3.03. The van der Waals surface area contributed by atoms with Gasteiger partial charge in [-0.3, -0.25) is 0 Å². The van der Waals surface area contributed by atoms with Crippen molar-refractivity contribution in [2.75, 3.05) is 42.7 Å². The summed E-state index contributed by atoms with van der Waals surface area (Å²) in [5.74, 6) is 0. The van der Waals surface area contributed by atoms with Crippen molar-refractivity contribution >= 4 is 18.4 Å². The maximum absolute atomic E-state index is 5.24. The van der Waals surface area contributed by atoms with Crippen molar-refractivity contribution in [1.29, 1.82) is 0 Å². The Hall–Kier alpha value is 0.154. The summed E-state index contributed by atoms with van der Waals surface area (Å²) in [7, 11) is 3.80. The van der Waals surface area contributed by atoms with Crippen molar-refractivity contribution in [3.8, 4) is 0 Å². The summed E-state index contributed by atoms with van der Waals surface area (Å²) in [6, 6.07) is 0. The van der Waals surface area contributed by atoms with Crippen molar-refractivity contribution in [2.24, 2.45) is 0 Å². The van der Waals surface area contributed by atoms with Crippen LogP contribution in [0.15, 0.2) is 0 Å². The van der Waals surface area contributed by atoms with Gasteiger partial charge >= 0.3 is 18.4 Å². The van der Waals surface area contributed by atoms with E-state index < -0.39 is 18.4 Å². The Labute approximate surface area is 93.1 Å². The number of nitrogens with zero attached hydrogens (tertiary/aromatic N) is 1. The zero-order valence-electron chi connectivity index (χ0n) is 9.97. The number of rotatable bonds is 8. The van der Waals surface area contributed by atoms with Crippen molar-refractivity contribution in [3.05, 3.63) is 0 Å². The molecule has 0 amide bonds. The first-order chi connectivity index (χ1) is 7.15. The van der Waals surface area contributed by atoms with Crippen LogP contribution in [0.1, 0.15) is 0 Å². The molecule has 0 aliphatic carbocycles. The topological polar surface area (TPSA) is 58.6 Å². The fourth-order valence-corrected chi connectivity index (χ4v) is 5.76. The predicted molar refractivity (Wildman–Crippen MR) is 56.8 cm³/mol. The average molecular weight is 257 g/mol. The highest BCUT2D eigenvalue weighted by atomic mass is 28.4. The molecule has 0 unspecified atom stereocenters. The average Bonchev–Trinajstić information content (AvgIpc) is 2.30. The normalized spacial score (nSPS) is 12.8. The summed E-state index contributed by atoms with van der Waals surface area (Å²) in [4.78, 5) is 5.16. The van der Waals surface area contributed by atoms with Crippen molar-refractivity contribution in [3.63, 3.8) is 0 Å². The molecule has 0 spiro atoms. The highest BCUT2D eigenvalue weighted by molar-refractivity contribution is 6.68. The van der Waals surface area contributed by atoms with Crippen LogP contribution in [-0.2, 0) is 27.0 Å². The molecule has 0 radical (unpaired) electrons. The lowest BCUT2D eigenvalue weighted by atomic mass is 11.7. The van der Waals surface area contributed by atoms with Crippen LogP contribution in [0.4, 0.5) is 0 Å². The van der Waals surface area contributed by atoms with E-state index in [1.54, 1.807) is 0 Å². The van der Waals surface area contributed by atoms with Gasteiger partial charge in [0.05, 0.1) is 7.11 Å². The third kappa shape index (κ3) is 3.30. The molecule has 0 aliphatic rings. The molecule has 0 N–H and O–H groups in total. The molecule has 0 aromatic heterocycles. The summed E-state index contributed by atoms with van der Waals surface area (Å²) in [6.07, 6.45) is 0. The Bertz CT molecular complexity index is 157. The van der Waals surface area contributed by atoms with Crippen LogP contribution in [0.3, 0.4) is 0 Å². The lowest BCUT2D eigenvalue weighted by molar-refractivity contribution is -0.0968. The lowest BCUT2D eigenvalue weighted by Crippen LogP contribution is -2.65. The van der Waals surface area contributed by atoms with Gasteiger partial charge < -0.3 is 27.0 Å². The van der Waals surface area contributed by atoms with E-state index in [4.69, 9.17) is 27.0 Å². The van der Waals surface area contributed by atoms with Crippen molar-refractivity contribution in [2.45, 2.75) is 0 Å². The molecule has 15 heavy (non-hydrogen) atoms. The first-order valence-corrected chi connectivity index (χ1v) is 7.33. The van der Waals surface area contributed by atoms with Crippen LogP contribution in [-0.4, -0.2) is 65.5 Å². The van der Waals surface area contributed by atoms with Crippen LogP contribution in [0.2, 0.25) is 0 Å². The van der Waals surface area contributed by atoms with Crippen molar-refractivity contribution < 1.29 is 27.0 Å². The van der Waals surface area contributed by atoms with E-state index in [9.17, 15) is 0 Å². The van der Waals surface area contributed by atoms with Crippen molar-refractivity contribution in [1.82, 2.24) is 4.39 Å². The highest BCUT2D eigenvalue weighted by Crippen LogP contribution is 2.15. The van der Waals surface area contributed by atoms with E-state index in [0.29, 0.717) is 0 Å². The van der Waals surface area contributed by atoms with E-state index >= 15 is 0 Å². The molecule has 0 saturated carbocycles. The lowest BCUT2D eigenvalue weighted by Gasteiger charge is -2.35. The molecule has 0 heterocycles.